The molecule has 3 nitrogen and oxygen atoms in total. The molecule has 1 aromatic carbocycles. The largest absolute Gasteiger partial charge is 0.497 e. The van der Waals surface area contributed by atoms with E-state index in [1.165, 1.54) is 13.2 Å². The zero-order valence-electron chi connectivity index (χ0n) is 10.5. The molecule has 1 atom stereocenters. The zero-order chi connectivity index (χ0) is 13.0. The summed E-state index contributed by atoms with van der Waals surface area (Å²) < 4.78 is 18.8. The maximum atomic E-state index is 13.8. The van der Waals surface area contributed by atoms with Gasteiger partial charge in [0.25, 0.3) is 0 Å². The Labute approximate surface area is 106 Å². The van der Waals surface area contributed by atoms with E-state index in [2.05, 4.69) is 5.32 Å². The molecule has 18 heavy (non-hydrogen) atoms. The fourth-order valence-corrected chi connectivity index (χ4v) is 2.28. The molecule has 1 N–H and O–H groups in total. The third-order valence-corrected chi connectivity index (χ3v) is 3.38. The number of ether oxygens (including phenoxy) is 1. The SMILES string of the molecule is COc1ccc(CC2CCCCNC2=O)c(F)c1. The Morgan fingerprint density at radius 2 is 2.28 bits per heavy atom. The zero-order valence-corrected chi connectivity index (χ0v) is 10.5. The van der Waals surface area contributed by atoms with E-state index in [1.807, 2.05) is 0 Å². The van der Waals surface area contributed by atoms with Gasteiger partial charge in [0.2, 0.25) is 5.91 Å². The second kappa shape index (κ2) is 5.85. The summed E-state index contributed by atoms with van der Waals surface area (Å²) in [4.78, 5) is 11.8. The maximum Gasteiger partial charge on any atom is 0.223 e. The van der Waals surface area contributed by atoms with Crippen molar-refractivity contribution in [2.24, 2.45) is 5.92 Å². The predicted molar refractivity (Wildman–Crippen MR) is 67.0 cm³/mol. The van der Waals surface area contributed by atoms with Crippen LogP contribution in [0.25, 0.3) is 0 Å². The van der Waals surface area contributed by atoms with Crippen LogP contribution in [0.3, 0.4) is 0 Å². The summed E-state index contributed by atoms with van der Waals surface area (Å²) in [6.45, 7) is 0.737. The minimum Gasteiger partial charge on any atom is -0.497 e. The van der Waals surface area contributed by atoms with Crippen LogP contribution in [0.15, 0.2) is 18.2 Å². The Kier molecular flexibility index (Phi) is 4.18. The number of benzene rings is 1. The smallest absolute Gasteiger partial charge is 0.223 e. The second-order valence-electron chi connectivity index (χ2n) is 4.65. The van der Waals surface area contributed by atoms with Crippen LogP contribution < -0.4 is 10.1 Å². The lowest BCUT2D eigenvalue weighted by Gasteiger charge is -2.14. The minimum atomic E-state index is -0.300. The van der Waals surface area contributed by atoms with Crippen molar-refractivity contribution in [2.45, 2.75) is 25.7 Å². The Bertz CT molecular complexity index is 434. The van der Waals surface area contributed by atoms with Crippen LogP contribution in [-0.4, -0.2) is 19.6 Å². The highest BCUT2D eigenvalue weighted by Crippen LogP contribution is 2.22. The van der Waals surface area contributed by atoms with Crippen molar-refractivity contribution in [3.63, 3.8) is 0 Å². The summed E-state index contributed by atoms with van der Waals surface area (Å²) in [5.74, 6) is 0.131. The van der Waals surface area contributed by atoms with Gasteiger partial charge in [0.15, 0.2) is 0 Å². The van der Waals surface area contributed by atoms with Gasteiger partial charge in [-0.25, -0.2) is 4.39 Å². The van der Waals surface area contributed by atoms with Crippen LogP contribution in [0.4, 0.5) is 4.39 Å². The summed E-state index contributed by atoms with van der Waals surface area (Å²) in [6.07, 6.45) is 3.31. The Hall–Kier alpha value is -1.58. The molecule has 1 aliphatic heterocycles. The minimum absolute atomic E-state index is 0.0442. The van der Waals surface area contributed by atoms with Crippen LogP contribution in [-0.2, 0) is 11.2 Å². The lowest BCUT2D eigenvalue weighted by atomic mass is 9.94. The molecule has 0 radical (unpaired) electrons. The van der Waals surface area contributed by atoms with E-state index >= 15 is 0 Å². The molecular formula is C14H18FNO2. The van der Waals surface area contributed by atoms with Crippen molar-refractivity contribution < 1.29 is 13.9 Å². The molecule has 4 heteroatoms. The summed E-state index contributed by atoms with van der Waals surface area (Å²) >= 11 is 0. The van der Waals surface area contributed by atoms with E-state index in [-0.39, 0.29) is 17.6 Å². The van der Waals surface area contributed by atoms with Gasteiger partial charge >= 0.3 is 0 Å². The van der Waals surface area contributed by atoms with Crippen molar-refractivity contribution in [3.05, 3.63) is 29.6 Å². The van der Waals surface area contributed by atoms with Gasteiger partial charge in [0.05, 0.1) is 7.11 Å². The topological polar surface area (TPSA) is 38.3 Å². The van der Waals surface area contributed by atoms with Gasteiger partial charge in [-0.15, -0.1) is 0 Å². The normalized spacial score (nSPS) is 20.1. The number of carbonyl (C=O) groups is 1. The van der Waals surface area contributed by atoms with Crippen molar-refractivity contribution in [1.29, 1.82) is 0 Å². The van der Waals surface area contributed by atoms with Crippen molar-refractivity contribution in [1.82, 2.24) is 5.32 Å². The van der Waals surface area contributed by atoms with E-state index in [1.54, 1.807) is 12.1 Å². The predicted octanol–water partition coefficient (Wildman–Crippen LogP) is 2.29. The highest BCUT2D eigenvalue weighted by Gasteiger charge is 2.22. The molecule has 1 unspecified atom stereocenters. The van der Waals surface area contributed by atoms with E-state index in [0.29, 0.717) is 17.7 Å². The number of halogens is 1. The second-order valence-corrected chi connectivity index (χ2v) is 4.65. The van der Waals surface area contributed by atoms with E-state index in [4.69, 9.17) is 4.74 Å². The third kappa shape index (κ3) is 3.00. The average Bonchev–Trinajstić information content (AvgIpc) is 2.57. The number of carbonyl (C=O) groups excluding carboxylic acids is 1. The van der Waals surface area contributed by atoms with Crippen LogP contribution in [0.1, 0.15) is 24.8 Å². The van der Waals surface area contributed by atoms with Crippen molar-refractivity contribution in [2.75, 3.05) is 13.7 Å². The molecule has 1 aromatic rings. The first kappa shape index (κ1) is 12.9. The molecular weight excluding hydrogens is 233 g/mol. The number of hydrogen-bond donors (Lipinski definition) is 1. The number of rotatable bonds is 3. The Morgan fingerprint density at radius 3 is 3.00 bits per heavy atom. The molecule has 1 amide bonds. The summed E-state index contributed by atoms with van der Waals surface area (Å²) in [5, 5.41) is 2.87. The molecule has 98 valence electrons. The van der Waals surface area contributed by atoms with Crippen molar-refractivity contribution in [3.8, 4) is 5.75 Å². The molecule has 0 bridgehead atoms. The molecule has 0 aliphatic carbocycles. The molecule has 1 heterocycles. The quantitative estimate of drug-likeness (QED) is 0.895. The molecule has 1 saturated heterocycles. The molecule has 0 saturated carbocycles. The third-order valence-electron chi connectivity index (χ3n) is 3.38. The van der Waals surface area contributed by atoms with Gasteiger partial charge in [0.1, 0.15) is 11.6 Å². The molecule has 1 fully saturated rings. The fraction of sp³-hybridized carbons (Fsp3) is 0.500. The van der Waals surface area contributed by atoms with Gasteiger partial charge in [0, 0.05) is 18.5 Å². The molecule has 0 aromatic heterocycles. The van der Waals surface area contributed by atoms with E-state index < -0.39 is 0 Å². The fourth-order valence-electron chi connectivity index (χ4n) is 2.28. The van der Waals surface area contributed by atoms with E-state index in [0.717, 1.165) is 25.8 Å². The monoisotopic (exact) mass is 251 g/mol. The van der Waals surface area contributed by atoms with Gasteiger partial charge < -0.3 is 10.1 Å². The van der Waals surface area contributed by atoms with Crippen LogP contribution in [0.5, 0.6) is 5.75 Å². The first-order valence-corrected chi connectivity index (χ1v) is 6.31. The Morgan fingerprint density at radius 1 is 1.44 bits per heavy atom. The number of amides is 1. The van der Waals surface area contributed by atoms with Crippen molar-refractivity contribution >= 4 is 5.91 Å². The number of methoxy groups -OCH3 is 1. The lowest BCUT2D eigenvalue weighted by molar-refractivity contribution is -0.124. The number of hydrogen-bond acceptors (Lipinski definition) is 2. The first-order valence-electron chi connectivity index (χ1n) is 6.31. The average molecular weight is 251 g/mol. The molecule has 1 aliphatic rings. The highest BCUT2D eigenvalue weighted by atomic mass is 19.1. The molecule has 0 spiro atoms. The van der Waals surface area contributed by atoms with E-state index in [9.17, 15) is 9.18 Å². The lowest BCUT2D eigenvalue weighted by Crippen LogP contribution is -2.30. The van der Waals surface area contributed by atoms with Crippen LogP contribution >= 0.6 is 0 Å². The van der Waals surface area contributed by atoms with Crippen LogP contribution in [0, 0.1) is 11.7 Å². The number of nitrogens with one attached hydrogen (secondary N) is 1. The first-order chi connectivity index (χ1) is 8.70. The van der Waals surface area contributed by atoms with Gasteiger partial charge in [-0.05, 0) is 30.9 Å². The van der Waals surface area contributed by atoms with Gasteiger partial charge in [-0.3, -0.25) is 4.79 Å². The van der Waals surface area contributed by atoms with Crippen LogP contribution in [0.2, 0.25) is 0 Å². The maximum absolute atomic E-state index is 13.8. The summed E-state index contributed by atoms with van der Waals surface area (Å²) in [7, 11) is 1.51. The summed E-state index contributed by atoms with van der Waals surface area (Å²) in [6, 6.07) is 4.79. The summed E-state index contributed by atoms with van der Waals surface area (Å²) in [5.41, 5.74) is 0.581. The van der Waals surface area contributed by atoms with Gasteiger partial charge in [-0.1, -0.05) is 12.5 Å². The van der Waals surface area contributed by atoms with Gasteiger partial charge in [-0.2, -0.15) is 0 Å². The highest BCUT2D eigenvalue weighted by molar-refractivity contribution is 5.79. The standard InChI is InChI=1S/C14H18FNO2/c1-18-12-6-5-10(13(15)9-12)8-11-4-2-3-7-16-14(11)17/h5-6,9,11H,2-4,7-8H2,1H3,(H,16,17). The Balaban J connectivity index is 2.10. The molecule has 2 rings (SSSR count).